The standard InChI is InChI=1S/C24H31N3O3/c1-3-25(4-2)12-13-27-23(28)20-7-5-6-19-18(8-9-21(22(19)20)24(27)29)10-11-26-14-16-30-17-15-26/h5-9H,3-4,10-17H2,1-2H3. The molecule has 0 aromatic heterocycles. The SMILES string of the molecule is CCN(CC)CCN1C(=O)c2cccc3c(CCN4CCOCC4)ccc(c23)C1=O. The van der Waals surface area contributed by atoms with Crippen molar-refractivity contribution in [2.45, 2.75) is 20.3 Å². The Bertz CT molecular complexity index is 910. The second-order valence-electron chi connectivity index (χ2n) is 7.99. The zero-order valence-electron chi connectivity index (χ0n) is 18.0. The van der Waals surface area contributed by atoms with E-state index in [2.05, 4.69) is 29.7 Å². The number of rotatable bonds is 8. The molecule has 2 aliphatic rings. The van der Waals surface area contributed by atoms with Crippen molar-refractivity contribution in [3.63, 3.8) is 0 Å². The van der Waals surface area contributed by atoms with E-state index in [9.17, 15) is 9.59 Å². The fourth-order valence-corrected chi connectivity index (χ4v) is 4.51. The van der Waals surface area contributed by atoms with Gasteiger partial charge in [-0.1, -0.05) is 32.0 Å². The summed E-state index contributed by atoms with van der Waals surface area (Å²) in [4.78, 5) is 32.4. The molecule has 6 heteroatoms. The normalized spacial score (nSPS) is 17.4. The molecule has 0 unspecified atom stereocenters. The lowest BCUT2D eigenvalue weighted by atomic mass is 9.90. The van der Waals surface area contributed by atoms with Crippen molar-refractivity contribution in [2.75, 3.05) is 59.0 Å². The number of morpholine rings is 1. The molecule has 2 aromatic rings. The molecule has 0 bridgehead atoms. The summed E-state index contributed by atoms with van der Waals surface area (Å²) in [5.41, 5.74) is 2.49. The van der Waals surface area contributed by atoms with Gasteiger partial charge in [0, 0.05) is 49.2 Å². The van der Waals surface area contributed by atoms with Gasteiger partial charge in [-0.15, -0.1) is 0 Å². The van der Waals surface area contributed by atoms with E-state index in [4.69, 9.17) is 4.74 Å². The molecule has 2 aromatic carbocycles. The summed E-state index contributed by atoms with van der Waals surface area (Å²) >= 11 is 0. The molecule has 0 aliphatic carbocycles. The Morgan fingerprint density at radius 1 is 0.933 bits per heavy atom. The fourth-order valence-electron chi connectivity index (χ4n) is 4.51. The second kappa shape index (κ2) is 9.25. The Balaban J connectivity index is 1.60. The van der Waals surface area contributed by atoms with Crippen LogP contribution in [0.4, 0.5) is 0 Å². The van der Waals surface area contributed by atoms with Crippen LogP contribution < -0.4 is 0 Å². The van der Waals surface area contributed by atoms with Gasteiger partial charge in [0.1, 0.15) is 0 Å². The maximum absolute atomic E-state index is 13.2. The largest absolute Gasteiger partial charge is 0.379 e. The molecule has 0 N–H and O–H groups in total. The number of nitrogens with zero attached hydrogens (tertiary/aromatic N) is 3. The van der Waals surface area contributed by atoms with Gasteiger partial charge in [-0.25, -0.2) is 0 Å². The molecule has 2 amide bonds. The minimum absolute atomic E-state index is 0.171. The highest BCUT2D eigenvalue weighted by Gasteiger charge is 2.33. The van der Waals surface area contributed by atoms with Crippen LogP contribution in [0.3, 0.4) is 0 Å². The molecule has 30 heavy (non-hydrogen) atoms. The topological polar surface area (TPSA) is 53.1 Å². The summed E-state index contributed by atoms with van der Waals surface area (Å²) in [5, 5.41) is 1.86. The molecule has 2 aliphatic heterocycles. The van der Waals surface area contributed by atoms with Gasteiger partial charge in [0.05, 0.1) is 13.2 Å². The van der Waals surface area contributed by atoms with Crippen molar-refractivity contribution in [2.24, 2.45) is 0 Å². The van der Waals surface area contributed by atoms with E-state index >= 15 is 0 Å². The van der Waals surface area contributed by atoms with Crippen molar-refractivity contribution >= 4 is 22.6 Å². The molecule has 4 rings (SSSR count). The van der Waals surface area contributed by atoms with Crippen LogP contribution in [0, 0.1) is 0 Å². The molecule has 2 heterocycles. The van der Waals surface area contributed by atoms with Crippen molar-refractivity contribution in [1.29, 1.82) is 0 Å². The van der Waals surface area contributed by atoms with E-state index in [1.54, 1.807) is 0 Å². The summed E-state index contributed by atoms with van der Waals surface area (Å²) < 4.78 is 5.43. The molecular formula is C24H31N3O3. The van der Waals surface area contributed by atoms with Crippen LogP contribution in [-0.2, 0) is 11.2 Å². The first kappa shape index (κ1) is 21.0. The number of hydrogen-bond acceptors (Lipinski definition) is 5. The molecule has 1 saturated heterocycles. The third-order valence-electron chi connectivity index (χ3n) is 6.42. The minimum Gasteiger partial charge on any atom is -0.379 e. The van der Waals surface area contributed by atoms with Crippen molar-refractivity contribution in [3.8, 4) is 0 Å². The van der Waals surface area contributed by atoms with Crippen molar-refractivity contribution in [3.05, 3.63) is 47.0 Å². The van der Waals surface area contributed by atoms with E-state index in [1.807, 2.05) is 24.3 Å². The van der Waals surface area contributed by atoms with E-state index in [1.165, 1.54) is 10.5 Å². The third kappa shape index (κ3) is 4.00. The van der Waals surface area contributed by atoms with Gasteiger partial charge in [-0.3, -0.25) is 19.4 Å². The number of carbonyl (C=O) groups excluding carboxylic acids is 2. The highest BCUT2D eigenvalue weighted by atomic mass is 16.5. The van der Waals surface area contributed by atoms with Crippen LogP contribution in [0.1, 0.15) is 40.1 Å². The third-order valence-corrected chi connectivity index (χ3v) is 6.42. The zero-order valence-corrected chi connectivity index (χ0v) is 18.0. The number of carbonyl (C=O) groups is 2. The average Bonchev–Trinajstić information content (AvgIpc) is 2.79. The Kier molecular flexibility index (Phi) is 6.46. The Morgan fingerprint density at radius 2 is 1.63 bits per heavy atom. The van der Waals surface area contributed by atoms with Crippen molar-refractivity contribution in [1.82, 2.24) is 14.7 Å². The van der Waals surface area contributed by atoms with Gasteiger partial charge in [-0.05, 0) is 42.6 Å². The summed E-state index contributed by atoms with van der Waals surface area (Å²) in [7, 11) is 0. The van der Waals surface area contributed by atoms with Gasteiger partial charge in [0.2, 0.25) is 0 Å². The van der Waals surface area contributed by atoms with Crippen LogP contribution in [0.25, 0.3) is 10.8 Å². The van der Waals surface area contributed by atoms with E-state index < -0.39 is 0 Å². The quantitative estimate of drug-likeness (QED) is 0.628. The maximum atomic E-state index is 13.2. The lowest BCUT2D eigenvalue weighted by molar-refractivity contribution is 0.0385. The summed E-state index contributed by atoms with van der Waals surface area (Å²) in [6, 6.07) is 9.83. The fraction of sp³-hybridized carbons (Fsp3) is 0.500. The average molecular weight is 410 g/mol. The Hall–Kier alpha value is -2.28. The van der Waals surface area contributed by atoms with Gasteiger partial charge < -0.3 is 9.64 Å². The van der Waals surface area contributed by atoms with Crippen LogP contribution >= 0.6 is 0 Å². The lowest BCUT2D eigenvalue weighted by Crippen LogP contribution is -2.44. The minimum atomic E-state index is -0.171. The first-order valence-corrected chi connectivity index (χ1v) is 11.1. The van der Waals surface area contributed by atoms with Crippen LogP contribution in [0.5, 0.6) is 0 Å². The number of imide groups is 1. The highest BCUT2D eigenvalue weighted by Crippen LogP contribution is 2.32. The molecule has 0 radical (unpaired) electrons. The second-order valence-corrected chi connectivity index (χ2v) is 7.99. The molecule has 0 spiro atoms. The summed E-state index contributed by atoms with van der Waals surface area (Å²) in [6.45, 7) is 11.6. The first-order chi connectivity index (χ1) is 14.6. The maximum Gasteiger partial charge on any atom is 0.261 e. The number of hydrogen-bond donors (Lipinski definition) is 0. The smallest absolute Gasteiger partial charge is 0.261 e. The van der Waals surface area contributed by atoms with E-state index in [0.29, 0.717) is 24.2 Å². The van der Waals surface area contributed by atoms with Gasteiger partial charge in [0.15, 0.2) is 0 Å². The number of benzene rings is 2. The van der Waals surface area contributed by atoms with E-state index in [0.717, 1.165) is 63.1 Å². The number of amides is 2. The summed E-state index contributed by atoms with van der Waals surface area (Å²) in [6.07, 6.45) is 0.897. The highest BCUT2D eigenvalue weighted by molar-refractivity contribution is 6.25. The first-order valence-electron chi connectivity index (χ1n) is 11.1. The van der Waals surface area contributed by atoms with Crippen molar-refractivity contribution < 1.29 is 14.3 Å². The molecule has 1 fully saturated rings. The zero-order chi connectivity index (χ0) is 21.1. The van der Waals surface area contributed by atoms with Gasteiger partial charge >= 0.3 is 0 Å². The number of likely N-dealkylation sites (N-methyl/N-ethyl adjacent to an activating group) is 1. The predicted molar refractivity (Wildman–Crippen MR) is 118 cm³/mol. The molecule has 6 nitrogen and oxygen atoms in total. The Morgan fingerprint density at radius 3 is 2.33 bits per heavy atom. The molecule has 160 valence electrons. The van der Waals surface area contributed by atoms with Crippen LogP contribution in [-0.4, -0.2) is 85.5 Å². The molecule has 0 saturated carbocycles. The predicted octanol–water partition coefficient (Wildman–Crippen LogP) is 2.65. The van der Waals surface area contributed by atoms with E-state index in [-0.39, 0.29) is 11.8 Å². The monoisotopic (exact) mass is 409 g/mol. The van der Waals surface area contributed by atoms with Gasteiger partial charge in [-0.2, -0.15) is 0 Å². The van der Waals surface area contributed by atoms with Gasteiger partial charge in [0.25, 0.3) is 11.8 Å². The number of ether oxygens (including phenoxy) is 1. The van der Waals surface area contributed by atoms with Crippen LogP contribution in [0.2, 0.25) is 0 Å². The summed E-state index contributed by atoms with van der Waals surface area (Å²) in [5.74, 6) is -0.342. The van der Waals surface area contributed by atoms with Crippen LogP contribution in [0.15, 0.2) is 30.3 Å². The molecular weight excluding hydrogens is 378 g/mol. The Labute approximate surface area is 178 Å². The molecule has 0 atom stereocenters. The lowest BCUT2D eigenvalue weighted by Gasteiger charge is -2.30.